The summed E-state index contributed by atoms with van der Waals surface area (Å²) in [5, 5.41) is -2.59. The molecule has 6 nitrogen and oxygen atoms in total. The standard InChI is InChI=1S/C17H18O6S2/c1-13(17(18)14-6-4-3-5-7-14)24(19,20)12-25(21,22)16-10-8-15(23-2)9-11-16/h3-11,13H,12H2,1-2H3. The average Bonchev–Trinajstić information content (AvgIpc) is 2.60. The van der Waals surface area contributed by atoms with Crippen LogP contribution in [-0.4, -0.2) is 40.1 Å². The fourth-order valence-corrected chi connectivity index (χ4v) is 6.27. The number of carbonyl (C=O) groups excluding carboxylic acids is 1. The lowest BCUT2D eigenvalue weighted by atomic mass is 10.1. The highest BCUT2D eigenvalue weighted by molar-refractivity contribution is 8.08. The number of sulfone groups is 2. The Morgan fingerprint density at radius 1 is 0.960 bits per heavy atom. The van der Waals surface area contributed by atoms with Crippen molar-refractivity contribution in [1.29, 1.82) is 0 Å². The van der Waals surface area contributed by atoms with Gasteiger partial charge in [0, 0.05) is 5.56 Å². The molecule has 0 aliphatic carbocycles. The van der Waals surface area contributed by atoms with E-state index in [-0.39, 0.29) is 10.5 Å². The number of hydrogen-bond donors (Lipinski definition) is 0. The first-order chi connectivity index (χ1) is 11.7. The molecule has 0 N–H and O–H groups in total. The van der Waals surface area contributed by atoms with Crippen molar-refractivity contribution in [1.82, 2.24) is 0 Å². The van der Waals surface area contributed by atoms with Gasteiger partial charge in [0.2, 0.25) is 0 Å². The van der Waals surface area contributed by atoms with Crippen LogP contribution in [0.25, 0.3) is 0 Å². The third-order valence-electron chi connectivity index (χ3n) is 3.70. The summed E-state index contributed by atoms with van der Waals surface area (Å²) >= 11 is 0. The van der Waals surface area contributed by atoms with E-state index in [1.807, 2.05) is 0 Å². The molecule has 0 fully saturated rings. The molecule has 2 rings (SSSR count). The zero-order valence-corrected chi connectivity index (χ0v) is 15.4. The molecule has 2 aromatic carbocycles. The molecule has 0 aliphatic rings. The molecule has 0 aliphatic heterocycles. The summed E-state index contributed by atoms with van der Waals surface area (Å²) in [4.78, 5) is 12.2. The first kappa shape index (κ1) is 19.1. The summed E-state index contributed by atoms with van der Waals surface area (Å²) < 4.78 is 54.6. The van der Waals surface area contributed by atoms with Crippen LogP contribution in [0.3, 0.4) is 0 Å². The summed E-state index contributed by atoms with van der Waals surface area (Å²) in [6.07, 6.45) is 0. The summed E-state index contributed by atoms with van der Waals surface area (Å²) in [6.45, 7) is 1.20. The van der Waals surface area contributed by atoms with Gasteiger partial charge in [0.25, 0.3) is 0 Å². The van der Waals surface area contributed by atoms with Gasteiger partial charge in [-0.2, -0.15) is 0 Å². The largest absolute Gasteiger partial charge is 0.497 e. The third kappa shape index (κ3) is 4.46. The van der Waals surface area contributed by atoms with Crippen LogP contribution in [0.4, 0.5) is 0 Å². The molecule has 0 heterocycles. The van der Waals surface area contributed by atoms with E-state index in [0.717, 1.165) is 0 Å². The van der Waals surface area contributed by atoms with Crippen LogP contribution in [0.15, 0.2) is 59.5 Å². The van der Waals surface area contributed by atoms with Gasteiger partial charge in [0.1, 0.15) is 11.0 Å². The predicted octanol–water partition coefficient (Wildman–Crippen LogP) is 2.11. The quantitative estimate of drug-likeness (QED) is 0.681. The molecule has 8 heteroatoms. The molecule has 2 aromatic rings. The van der Waals surface area contributed by atoms with Crippen LogP contribution in [0.5, 0.6) is 5.75 Å². The molecule has 25 heavy (non-hydrogen) atoms. The number of benzene rings is 2. The van der Waals surface area contributed by atoms with E-state index >= 15 is 0 Å². The number of ketones is 1. The predicted molar refractivity (Wildman–Crippen MR) is 94.2 cm³/mol. The molecule has 0 aromatic heterocycles. The van der Waals surface area contributed by atoms with E-state index in [0.29, 0.717) is 5.75 Å². The Balaban J connectivity index is 2.25. The summed E-state index contributed by atoms with van der Waals surface area (Å²) in [5.41, 5.74) is 0.223. The summed E-state index contributed by atoms with van der Waals surface area (Å²) in [7, 11) is -6.86. The van der Waals surface area contributed by atoms with Crippen LogP contribution in [0.1, 0.15) is 17.3 Å². The average molecular weight is 382 g/mol. The minimum absolute atomic E-state index is 0.142. The fraction of sp³-hybridized carbons (Fsp3) is 0.235. The van der Waals surface area contributed by atoms with Gasteiger partial charge in [0.15, 0.2) is 30.5 Å². The zero-order chi connectivity index (χ0) is 18.7. The van der Waals surface area contributed by atoms with E-state index in [2.05, 4.69) is 0 Å². The lowest BCUT2D eigenvalue weighted by molar-refractivity contribution is 0.0991. The maximum atomic E-state index is 12.4. The van der Waals surface area contributed by atoms with Gasteiger partial charge in [-0.3, -0.25) is 4.79 Å². The second-order valence-corrected chi connectivity index (χ2v) is 10.1. The van der Waals surface area contributed by atoms with Crippen LogP contribution in [0, 0.1) is 0 Å². The Morgan fingerprint density at radius 2 is 1.52 bits per heavy atom. The van der Waals surface area contributed by atoms with Crippen molar-refractivity contribution in [3.05, 3.63) is 60.2 Å². The van der Waals surface area contributed by atoms with Crippen molar-refractivity contribution in [2.24, 2.45) is 0 Å². The SMILES string of the molecule is COc1ccc(S(=O)(=O)CS(=O)(=O)C(C)C(=O)c2ccccc2)cc1. The van der Waals surface area contributed by atoms with Crippen molar-refractivity contribution in [2.75, 3.05) is 12.2 Å². The molecule has 1 unspecified atom stereocenters. The van der Waals surface area contributed by atoms with Gasteiger partial charge in [-0.1, -0.05) is 30.3 Å². The minimum atomic E-state index is -4.20. The van der Waals surface area contributed by atoms with E-state index < -0.39 is 35.8 Å². The number of carbonyl (C=O) groups is 1. The highest BCUT2D eigenvalue weighted by Gasteiger charge is 2.34. The smallest absolute Gasteiger partial charge is 0.192 e. The number of ether oxygens (including phenoxy) is 1. The van der Waals surface area contributed by atoms with Gasteiger partial charge in [0.05, 0.1) is 12.0 Å². The Labute approximate surface area is 147 Å². The van der Waals surface area contributed by atoms with Gasteiger partial charge < -0.3 is 4.74 Å². The number of Topliss-reactive ketones (excluding diaryl/α,β-unsaturated/α-hetero) is 1. The summed E-state index contributed by atoms with van der Waals surface area (Å²) in [6, 6.07) is 13.3. The van der Waals surface area contributed by atoms with Gasteiger partial charge in [-0.15, -0.1) is 0 Å². The molecular formula is C17H18O6S2. The first-order valence-electron chi connectivity index (χ1n) is 7.35. The highest BCUT2D eigenvalue weighted by atomic mass is 32.3. The van der Waals surface area contributed by atoms with Crippen molar-refractivity contribution in [3.63, 3.8) is 0 Å². The van der Waals surface area contributed by atoms with Gasteiger partial charge >= 0.3 is 0 Å². The highest BCUT2D eigenvalue weighted by Crippen LogP contribution is 2.20. The van der Waals surface area contributed by atoms with Crippen molar-refractivity contribution < 1.29 is 26.4 Å². The lowest BCUT2D eigenvalue weighted by Gasteiger charge is -2.13. The lowest BCUT2D eigenvalue weighted by Crippen LogP contribution is -2.32. The van der Waals surface area contributed by atoms with Crippen LogP contribution in [0.2, 0.25) is 0 Å². The molecule has 0 saturated carbocycles. The maximum Gasteiger partial charge on any atom is 0.192 e. The second-order valence-electron chi connectivity index (χ2n) is 5.44. The Hall–Kier alpha value is -2.19. The molecule has 134 valence electrons. The minimum Gasteiger partial charge on any atom is -0.497 e. The van der Waals surface area contributed by atoms with Crippen molar-refractivity contribution in [2.45, 2.75) is 17.1 Å². The molecule has 0 amide bonds. The molecule has 0 radical (unpaired) electrons. The topological polar surface area (TPSA) is 94.6 Å². The van der Waals surface area contributed by atoms with Crippen LogP contribution >= 0.6 is 0 Å². The van der Waals surface area contributed by atoms with Gasteiger partial charge in [-0.05, 0) is 31.2 Å². The fourth-order valence-electron chi connectivity index (χ4n) is 2.17. The Morgan fingerprint density at radius 3 is 2.04 bits per heavy atom. The van der Waals surface area contributed by atoms with Gasteiger partial charge in [-0.25, -0.2) is 16.8 Å². The first-order valence-corrected chi connectivity index (χ1v) is 10.7. The number of methoxy groups -OCH3 is 1. The number of hydrogen-bond acceptors (Lipinski definition) is 6. The van der Waals surface area contributed by atoms with Crippen LogP contribution in [-0.2, 0) is 19.7 Å². The van der Waals surface area contributed by atoms with Crippen LogP contribution < -0.4 is 4.74 Å². The maximum absolute atomic E-state index is 12.4. The van der Waals surface area contributed by atoms with E-state index in [9.17, 15) is 21.6 Å². The Bertz CT molecular complexity index is 946. The van der Waals surface area contributed by atoms with Crippen molar-refractivity contribution in [3.8, 4) is 5.75 Å². The molecule has 0 saturated heterocycles. The van der Waals surface area contributed by atoms with Crippen molar-refractivity contribution >= 4 is 25.5 Å². The summed E-state index contributed by atoms with van der Waals surface area (Å²) in [5.74, 6) is -0.181. The monoisotopic (exact) mass is 382 g/mol. The van der Waals surface area contributed by atoms with E-state index in [1.54, 1.807) is 18.2 Å². The molecular weight excluding hydrogens is 364 g/mol. The second kappa shape index (κ2) is 7.37. The van der Waals surface area contributed by atoms with E-state index in [4.69, 9.17) is 4.74 Å². The van der Waals surface area contributed by atoms with E-state index in [1.165, 1.54) is 50.4 Å². The molecule has 0 spiro atoms. The molecule has 1 atom stereocenters. The number of rotatable bonds is 7. The Kier molecular flexibility index (Phi) is 5.64. The third-order valence-corrected chi connectivity index (χ3v) is 8.54. The normalized spacial score (nSPS) is 13.2. The molecule has 0 bridgehead atoms. The zero-order valence-electron chi connectivity index (χ0n) is 13.7.